The number of benzene rings is 1. The van der Waals surface area contributed by atoms with E-state index in [1.807, 2.05) is 54.1 Å². The van der Waals surface area contributed by atoms with Crippen molar-refractivity contribution < 1.29 is 14.3 Å². The highest BCUT2D eigenvalue weighted by atomic mass is 16.5. The molecule has 1 aromatic carbocycles. The number of pyridine rings is 1. The number of carbonyl (C=O) groups excluding carboxylic acids is 2. The number of nitrogens with zero attached hydrogens (tertiary/aromatic N) is 2. The van der Waals surface area contributed by atoms with E-state index in [2.05, 4.69) is 10.3 Å². The smallest absolute Gasteiger partial charge is 0.354 e. The van der Waals surface area contributed by atoms with Gasteiger partial charge in [0.2, 0.25) is 5.91 Å². The lowest BCUT2D eigenvalue weighted by molar-refractivity contribution is -0.137. The zero-order valence-electron chi connectivity index (χ0n) is 14.8. The molecule has 132 valence electrons. The summed E-state index contributed by atoms with van der Waals surface area (Å²) in [5.41, 5.74) is 3.86. The molecule has 6 nitrogen and oxygen atoms in total. The Morgan fingerprint density at radius 3 is 2.58 bits per heavy atom. The molecule has 0 atom stereocenters. The fourth-order valence-electron chi connectivity index (χ4n) is 2.76. The van der Waals surface area contributed by atoms with Crippen LogP contribution in [0.25, 0.3) is 22.8 Å². The summed E-state index contributed by atoms with van der Waals surface area (Å²) >= 11 is 0. The molecule has 0 saturated carbocycles. The van der Waals surface area contributed by atoms with Gasteiger partial charge in [-0.25, -0.2) is 9.78 Å². The summed E-state index contributed by atoms with van der Waals surface area (Å²) in [6.07, 6.45) is 5.39. The highest BCUT2D eigenvalue weighted by Crippen LogP contribution is 2.23. The number of aromatic nitrogens is 2. The minimum absolute atomic E-state index is 0.0941. The van der Waals surface area contributed by atoms with E-state index in [-0.39, 0.29) is 11.6 Å². The van der Waals surface area contributed by atoms with Gasteiger partial charge in [0.05, 0.1) is 7.11 Å². The third-order valence-corrected chi connectivity index (χ3v) is 3.96. The lowest BCUT2D eigenvalue weighted by Gasteiger charge is -2.07. The van der Waals surface area contributed by atoms with Crippen LogP contribution in [0, 0.1) is 6.92 Å². The largest absolute Gasteiger partial charge is 0.464 e. The number of esters is 1. The molecular weight excluding hydrogens is 330 g/mol. The van der Waals surface area contributed by atoms with Crippen LogP contribution in [0.4, 0.5) is 0 Å². The van der Waals surface area contributed by atoms with Gasteiger partial charge in [-0.1, -0.05) is 12.1 Å². The molecule has 26 heavy (non-hydrogen) atoms. The van der Waals surface area contributed by atoms with Gasteiger partial charge < -0.3 is 14.6 Å². The van der Waals surface area contributed by atoms with E-state index in [9.17, 15) is 9.59 Å². The molecule has 2 aromatic heterocycles. The van der Waals surface area contributed by atoms with Gasteiger partial charge >= 0.3 is 5.97 Å². The van der Waals surface area contributed by atoms with Gasteiger partial charge in [0.15, 0.2) is 0 Å². The van der Waals surface area contributed by atoms with Crippen molar-refractivity contribution in [2.75, 3.05) is 7.11 Å². The van der Waals surface area contributed by atoms with E-state index >= 15 is 0 Å². The Hall–Kier alpha value is -3.41. The zero-order valence-corrected chi connectivity index (χ0v) is 14.8. The topological polar surface area (TPSA) is 73.2 Å². The maximum Gasteiger partial charge on any atom is 0.354 e. The SMILES string of the molecule is COC(=O)/C(=C/c1ccc(-n2cc(C)c3cccnc32)cc1)NC(C)=O. The maximum atomic E-state index is 11.8. The average Bonchev–Trinajstić information content (AvgIpc) is 2.98. The van der Waals surface area contributed by atoms with Crippen LogP contribution in [0.5, 0.6) is 0 Å². The molecule has 0 spiro atoms. The van der Waals surface area contributed by atoms with E-state index in [1.54, 1.807) is 12.3 Å². The molecule has 0 saturated heterocycles. The second kappa shape index (κ2) is 7.23. The Labute approximate surface area is 151 Å². The van der Waals surface area contributed by atoms with Crippen LogP contribution in [0.2, 0.25) is 0 Å². The quantitative estimate of drug-likeness (QED) is 0.580. The second-order valence-electron chi connectivity index (χ2n) is 5.88. The van der Waals surface area contributed by atoms with Gasteiger partial charge in [0.1, 0.15) is 11.3 Å². The van der Waals surface area contributed by atoms with Gasteiger partial charge in [-0.2, -0.15) is 0 Å². The molecule has 3 rings (SSSR count). The molecule has 2 heterocycles. The Bertz CT molecular complexity index is 1000. The highest BCUT2D eigenvalue weighted by Gasteiger charge is 2.11. The minimum Gasteiger partial charge on any atom is -0.464 e. The normalized spacial score (nSPS) is 11.4. The molecular formula is C20H19N3O3. The highest BCUT2D eigenvalue weighted by molar-refractivity contribution is 5.97. The number of fused-ring (bicyclic) bond motifs is 1. The van der Waals surface area contributed by atoms with Gasteiger partial charge in [-0.15, -0.1) is 0 Å². The molecule has 0 unspecified atom stereocenters. The first-order valence-electron chi connectivity index (χ1n) is 8.10. The molecule has 6 heteroatoms. The fraction of sp³-hybridized carbons (Fsp3) is 0.150. The molecule has 0 fully saturated rings. The number of nitrogens with one attached hydrogen (secondary N) is 1. The van der Waals surface area contributed by atoms with Crippen molar-refractivity contribution in [3.05, 3.63) is 65.6 Å². The number of carbonyl (C=O) groups is 2. The Morgan fingerprint density at radius 2 is 1.92 bits per heavy atom. The number of hydrogen-bond donors (Lipinski definition) is 1. The summed E-state index contributed by atoms with van der Waals surface area (Å²) in [6.45, 7) is 3.39. The van der Waals surface area contributed by atoms with Gasteiger partial charge in [-0.05, 0) is 48.4 Å². The summed E-state index contributed by atoms with van der Waals surface area (Å²) in [5, 5.41) is 3.59. The van der Waals surface area contributed by atoms with Crippen molar-refractivity contribution >= 4 is 29.0 Å². The summed E-state index contributed by atoms with van der Waals surface area (Å²) in [7, 11) is 1.27. The number of amides is 1. The van der Waals surface area contributed by atoms with E-state index in [4.69, 9.17) is 4.74 Å². The number of methoxy groups -OCH3 is 1. The molecule has 3 aromatic rings. The number of rotatable bonds is 4. The first-order valence-corrected chi connectivity index (χ1v) is 8.10. The molecule has 0 aliphatic rings. The summed E-state index contributed by atoms with van der Waals surface area (Å²) in [4.78, 5) is 27.5. The monoisotopic (exact) mass is 349 g/mol. The molecule has 0 aliphatic carbocycles. The van der Waals surface area contributed by atoms with Crippen molar-refractivity contribution in [2.24, 2.45) is 0 Å². The van der Waals surface area contributed by atoms with Crippen molar-refractivity contribution in [3.63, 3.8) is 0 Å². The molecule has 0 radical (unpaired) electrons. The molecule has 0 bridgehead atoms. The average molecular weight is 349 g/mol. The van der Waals surface area contributed by atoms with E-state index in [0.717, 1.165) is 27.8 Å². The van der Waals surface area contributed by atoms with E-state index < -0.39 is 5.97 Å². The number of aryl methyl sites for hydroxylation is 1. The third-order valence-electron chi connectivity index (χ3n) is 3.96. The van der Waals surface area contributed by atoms with Crippen molar-refractivity contribution in [2.45, 2.75) is 13.8 Å². The predicted octanol–water partition coefficient (Wildman–Crippen LogP) is 2.98. The van der Waals surface area contributed by atoms with Crippen LogP contribution in [-0.2, 0) is 14.3 Å². The number of ether oxygens (including phenoxy) is 1. The third kappa shape index (κ3) is 3.49. The standard InChI is InChI=1S/C20H19N3O3/c1-13-12-23(19-17(13)5-4-10-21-19)16-8-6-15(7-9-16)11-18(20(25)26-3)22-14(2)24/h4-12H,1-3H3,(H,22,24)/b18-11-. The Kier molecular flexibility index (Phi) is 4.84. The zero-order chi connectivity index (χ0) is 18.7. The van der Waals surface area contributed by atoms with Gasteiger partial charge in [0, 0.05) is 30.4 Å². The predicted molar refractivity (Wildman–Crippen MR) is 99.6 cm³/mol. The van der Waals surface area contributed by atoms with Crippen LogP contribution in [-0.4, -0.2) is 28.5 Å². The fourth-order valence-corrected chi connectivity index (χ4v) is 2.76. The van der Waals surface area contributed by atoms with Crippen molar-refractivity contribution in [3.8, 4) is 5.69 Å². The van der Waals surface area contributed by atoms with Crippen LogP contribution in [0.3, 0.4) is 0 Å². The lowest BCUT2D eigenvalue weighted by Crippen LogP contribution is -2.25. The van der Waals surface area contributed by atoms with Gasteiger partial charge in [-0.3, -0.25) is 4.79 Å². The molecule has 1 N–H and O–H groups in total. The second-order valence-corrected chi connectivity index (χ2v) is 5.88. The van der Waals surface area contributed by atoms with Gasteiger partial charge in [0.25, 0.3) is 0 Å². The lowest BCUT2D eigenvalue weighted by atomic mass is 10.1. The Morgan fingerprint density at radius 1 is 1.19 bits per heavy atom. The summed E-state index contributed by atoms with van der Waals surface area (Å²) < 4.78 is 6.72. The maximum absolute atomic E-state index is 11.8. The van der Waals surface area contributed by atoms with Crippen LogP contribution < -0.4 is 5.32 Å². The van der Waals surface area contributed by atoms with Crippen LogP contribution in [0.1, 0.15) is 18.1 Å². The van der Waals surface area contributed by atoms with Crippen LogP contribution >= 0.6 is 0 Å². The van der Waals surface area contributed by atoms with E-state index in [1.165, 1.54) is 14.0 Å². The molecule has 1 amide bonds. The van der Waals surface area contributed by atoms with E-state index in [0.29, 0.717) is 0 Å². The molecule has 0 aliphatic heterocycles. The summed E-state index contributed by atoms with van der Waals surface area (Å²) in [5.74, 6) is -0.931. The van der Waals surface area contributed by atoms with Crippen molar-refractivity contribution in [1.82, 2.24) is 14.9 Å². The van der Waals surface area contributed by atoms with Crippen molar-refractivity contribution in [1.29, 1.82) is 0 Å². The Balaban J connectivity index is 1.96. The first-order chi connectivity index (χ1) is 12.5. The minimum atomic E-state index is -0.597. The summed E-state index contributed by atoms with van der Waals surface area (Å²) in [6, 6.07) is 11.6. The first kappa shape index (κ1) is 17.4. The number of hydrogen-bond acceptors (Lipinski definition) is 4. The van der Waals surface area contributed by atoms with Crippen LogP contribution in [0.15, 0.2) is 54.5 Å².